The number of rotatable bonds is 7. The van der Waals surface area contributed by atoms with E-state index < -0.39 is 18.0 Å². The van der Waals surface area contributed by atoms with Crippen molar-refractivity contribution in [2.75, 3.05) is 13.2 Å². The Kier molecular flexibility index (Phi) is 5.65. The maximum Gasteiger partial charge on any atom is 0.326 e. The van der Waals surface area contributed by atoms with E-state index in [2.05, 4.69) is 20.6 Å². The van der Waals surface area contributed by atoms with Gasteiger partial charge < -0.3 is 25.8 Å². The summed E-state index contributed by atoms with van der Waals surface area (Å²) in [5.41, 5.74) is 0. The topological polar surface area (TPSA) is 127 Å². The number of H-pyrrole nitrogens is 1. The number of carbonyl (C=O) groups is 2. The van der Waals surface area contributed by atoms with Crippen molar-refractivity contribution in [2.45, 2.75) is 18.9 Å². The molecule has 0 aliphatic heterocycles. The quantitative estimate of drug-likeness (QED) is 0.431. The number of nitrogens with one attached hydrogen (secondary N) is 3. The Balaban J connectivity index is 2.25. The summed E-state index contributed by atoms with van der Waals surface area (Å²) in [6.45, 7) is 0.0362. The van der Waals surface area contributed by atoms with Crippen LogP contribution in [0.4, 0.5) is 4.79 Å². The number of hydrogen-bond acceptors (Lipinski definition) is 4. The van der Waals surface area contributed by atoms with Gasteiger partial charge in [-0.05, 0) is 0 Å². The van der Waals surface area contributed by atoms with Crippen LogP contribution in [-0.4, -0.2) is 51.4 Å². The molecule has 0 saturated heterocycles. The van der Waals surface area contributed by atoms with Crippen LogP contribution >= 0.6 is 0 Å². The zero-order chi connectivity index (χ0) is 13.4. The molecule has 0 fully saturated rings. The van der Waals surface area contributed by atoms with Gasteiger partial charge in [0, 0.05) is 38.4 Å². The van der Waals surface area contributed by atoms with E-state index in [0.717, 1.165) is 5.82 Å². The Hall–Kier alpha value is -2.09. The van der Waals surface area contributed by atoms with E-state index in [1.54, 1.807) is 12.4 Å². The van der Waals surface area contributed by atoms with Gasteiger partial charge in [0.1, 0.15) is 11.9 Å². The number of aliphatic carboxylic acids is 1. The molecule has 0 aliphatic carbocycles. The molecular formula is C10H16N4O4. The summed E-state index contributed by atoms with van der Waals surface area (Å²) in [5, 5.41) is 22.2. The van der Waals surface area contributed by atoms with Crippen LogP contribution in [0.5, 0.6) is 0 Å². The summed E-state index contributed by atoms with van der Waals surface area (Å²) in [6.07, 6.45) is 3.79. The maximum atomic E-state index is 11.4. The number of nitrogens with zero attached hydrogens (tertiary/aromatic N) is 1. The SMILES string of the molecule is O=C(NCCc1ncc[nH]1)N[C@H](CCO)C(=O)O. The highest BCUT2D eigenvalue weighted by Crippen LogP contribution is 1.92. The summed E-state index contributed by atoms with van der Waals surface area (Å²) >= 11 is 0. The first-order valence-electron chi connectivity index (χ1n) is 5.49. The van der Waals surface area contributed by atoms with Crippen LogP contribution in [0.1, 0.15) is 12.2 Å². The first-order chi connectivity index (χ1) is 8.63. The number of aromatic nitrogens is 2. The van der Waals surface area contributed by atoms with Gasteiger partial charge in [0.25, 0.3) is 0 Å². The third kappa shape index (κ3) is 4.83. The Labute approximate surface area is 103 Å². The average Bonchev–Trinajstić information content (AvgIpc) is 2.81. The van der Waals surface area contributed by atoms with Crippen molar-refractivity contribution in [3.8, 4) is 0 Å². The number of aliphatic hydroxyl groups is 1. The Morgan fingerprint density at radius 3 is 2.83 bits per heavy atom. The second-order valence-electron chi connectivity index (χ2n) is 3.59. The third-order valence-corrected chi connectivity index (χ3v) is 2.22. The molecule has 0 saturated carbocycles. The molecule has 0 unspecified atom stereocenters. The molecule has 1 aromatic rings. The van der Waals surface area contributed by atoms with Gasteiger partial charge in [0.15, 0.2) is 0 Å². The van der Waals surface area contributed by atoms with E-state index >= 15 is 0 Å². The summed E-state index contributed by atoms with van der Waals surface area (Å²) < 4.78 is 0. The van der Waals surface area contributed by atoms with E-state index in [1.165, 1.54) is 0 Å². The van der Waals surface area contributed by atoms with Crippen molar-refractivity contribution in [2.24, 2.45) is 0 Å². The smallest absolute Gasteiger partial charge is 0.326 e. The van der Waals surface area contributed by atoms with Crippen molar-refractivity contribution in [3.05, 3.63) is 18.2 Å². The van der Waals surface area contributed by atoms with E-state index in [4.69, 9.17) is 10.2 Å². The molecular weight excluding hydrogens is 240 g/mol. The molecule has 5 N–H and O–H groups in total. The lowest BCUT2D eigenvalue weighted by Crippen LogP contribution is -2.46. The van der Waals surface area contributed by atoms with Crippen molar-refractivity contribution in [1.29, 1.82) is 0 Å². The number of carboxylic acids is 1. The van der Waals surface area contributed by atoms with Gasteiger partial charge in [0.05, 0.1) is 0 Å². The largest absolute Gasteiger partial charge is 0.480 e. The lowest BCUT2D eigenvalue weighted by Gasteiger charge is -2.13. The van der Waals surface area contributed by atoms with E-state index in [0.29, 0.717) is 13.0 Å². The Morgan fingerprint density at radius 1 is 1.50 bits per heavy atom. The first kappa shape index (κ1) is 14.0. The normalized spacial score (nSPS) is 11.8. The number of hydrogen-bond donors (Lipinski definition) is 5. The van der Waals surface area contributed by atoms with Gasteiger partial charge in [-0.3, -0.25) is 0 Å². The fourth-order valence-electron chi connectivity index (χ4n) is 1.32. The number of amides is 2. The van der Waals surface area contributed by atoms with E-state index in [9.17, 15) is 9.59 Å². The van der Waals surface area contributed by atoms with Crippen molar-refractivity contribution >= 4 is 12.0 Å². The summed E-state index contributed by atoms with van der Waals surface area (Å²) in [4.78, 5) is 28.9. The van der Waals surface area contributed by atoms with E-state index in [-0.39, 0.29) is 13.0 Å². The second-order valence-corrected chi connectivity index (χ2v) is 3.59. The number of carboxylic acid groups (broad SMARTS) is 1. The maximum absolute atomic E-state index is 11.4. The minimum Gasteiger partial charge on any atom is -0.480 e. The average molecular weight is 256 g/mol. The molecule has 1 aromatic heterocycles. The van der Waals surface area contributed by atoms with Gasteiger partial charge >= 0.3 is 12.0 Å². The molecule has 0 spiro atoms. The molecule has 100 valence electrons. The van der Waals surface area contributed by atoms with Gasteiger partial charge in [0.2, 0.25) is 0 Å². The number of carbonyl (C=O) groups excluding carboxylic acids is 1. The highest BCUT2D eigenvalue weighted by Gasteiger charge is 2.18. The predicted molar refractivity (Wildman–Crippen MR) is 62.0 cm³/mol. The fraction of sp³-hybridized carbons (Fsp3) is 0.500. The van der Waals surface area contributed by atoms with Gasteiger partial charge in [-0.15, -0.1) is 0 Å². The van der Waals surface area contributed by atoms with Crippen molar-refractivity contribution in [1.82, 2.24) is 20.6 Å². The third-order valence-electron chi connectivity index (χ3n) is 2.22. The molecule has 1 atom stereocenters. The van der Waals surface area contributed by atoms with E-state index in [1.807, 2.05) is 0 Å². The minimum atomic E-state index is -1.18. The highest BCUT2D eigenvalue weighted by molar-refractivity contribution is 5.82. The molecule has 1 rings (SSSR count). The molecule has 8 nitrogen and oxygen atoms in total. The Morgan fingerprint density at radius 2 is 2.28 bits per heavy atom. The van der Waals surface area contributed by atoms with Crippen molar-refractivity contribution < 1.29 is 19.8 Å². The summed E-state index contributed by atoms with van der Waals surface area (Å²) in [5.74, 6) is -0.439. The molecule has 0 radical (unpaired) electrons. The van der Waals surface area contributed by atoms with Crippen LogP contribution in [0, 0.1) is 0 Å². The highest BCUT2D eigenvalue weighted by atomic mass is 16.4. The number of urea groups is 1. The monoisotopic (exact) mass is 256 g/mol. The van der Waals surface area contributed by atoms with Gasteiger partial charge in [-0.25, -0.2) is 14.6 Å². The van der Waals surface area contributed by atoms with Crippen LogP contribution in [0.2, 0.25) is 0 Å². The predicted octanol–water partition coefficient (Wildman–Crippen LogP) is -0.913. The lowest BCUT2D eigenvalue weighted by atomic mass is 10.2. The second kappa shape index (κ2) is 7.28. The standard InChI is InChI=1S/C10H16N4O4/c15-6-2-7(9(16)17)14-10(18)13-3-1-8-11-4-5-12-8/h4-5,7,15H,1-3,6H2,(H,11,12)(H,16,17)(H2,13,14,18)/t7-/m1/s1. The number of aliphatic hydroxyl groups excluding tert-OH is 1. The molecule has 0 aromatic carbocycles. The summed E-state index contributed by atoms with van der Waals surface area (Å²) in [7, 11) is 0. The van der Waals surface area contributed by atoms with Gasteiger partial charge in [-0.2, -0.15) is 0 Å². The minimum absolute atomic E-state index is 0.0268. The zero-order valence-electron chi connectivity index (χ0n) is 9.72. The molecule has 0 aliphatic rings. The fourth-order valence-corrected chi connectivity index (χ4v) is 1.32. The molecule has 0 bridgehead atoms. The Bertz CT molecular complexity index is 379. The van der Waals surface area contributed by atoms with Crippen LogP contribution in [0.3, 0.4) is 0 Å². The van der Waals surface area contributed by atoms with Crippen molar-refractivity contribution in [3.63, 3.8) is 0 Å². The van der Waals surface area contributed by atoms with Crippen LogP contribution in [-0.2, 0) is 11.2 Å². The lowest BCUT2D eigenvalue weighted by molar-refractivity contribution is -0.139. The van der Waals surface area contributed by atoms with Gasteiger partial charge in [-0.1, -0.05) is 0 Å². The summed E-state index contributed by atoms with van der Waals surface area (Å²) in [6, 6.07) is -1.67. The number of imidazole rings is 1. The van der Waals surface area contributed by atoms with Crippen LogP contribution in [0.15, 0.2) is 12.4 Å². The van der Waals surface area contributed by atoms with Crippen LogP contribution < -0.4 is 10.6 Å². The zero-order valence-corrected chi connectivity index (χ0v) is 9.72. The molecule has 18 heavy (non-hydrogen) atoms. The molecule has 8 heteroatoms. The van der Waals surface area contributed by atoms with Crippen LogP contribution in [0.25, 0.3) is 0 Å². The number of aromatic amines is 1. The molecule has 2 amide bonds. The molecule has 1 heterocycles. The first-order valence-corrected chi connectivity index (χ1v) is 5.49.